The van der Waals surface area contributed by atoms with Gasteiger partial charge < -0.3 is 14.5 Å². The number of nitrogens with one attached hydrogen (secondary N) is 1. The summed E-state index contributed by atoms with van der Waals surface area (Å²) in [5, 5.41) is 2.40. The molecule has 9 heteroatoms. The van der Waals surface area contributed by atoms with Gasteiger partial charge in [0.25, 0.3) is 0 Å². The zero-order valence-electron chi connectivity index (χ0n) is 22.5. The predicted molar refractivity (Wildman–Crippen MR) is 139 cm³/mol. The number of hydrogen-bond acceptors (Lipinski definition) is 7. The highest BCUT2D eigenvalue weighted by atomic mass is 16.6. The zero-order chi connectivity index (χ0) is 26.7. The van der Waals surface area contributed by atoms with E-state index < -0.39 is 5.60 Å². The Bertz CT molecular complexity index is 1000. The van der Waals surface area contributed by atoms with Crippen molar-refractivity contribution in [3.05, 3.63) is 23.9 Å². The minimum Gasteiger partial charge on any atom is -0.460 e. The topological polar surface area (TPSA) is 109 Å². The molecular formula is C28H40N4O5. The Kier molecular flexibility index (Phi) is 8.19. The molecule has 37 heavy (non-hydrogen) atoms. The van der Waals surface area contributed by atoms with Gasteiger partial charge in [0.1, 0.15) is 11.4 Å². The summed E-state index contributed by atoms with van der Waals surface area (Å²) in [6.45, 7) is 6.87. The molecule has 0 aromatic carbocycles. The quantitative estimate of drug-likeness (QED) is 0.477. The van der Waals surface area contributed by atoms with E-state index in [1.807, 2.05) is 44.9 Å². The third kappa shape index (κ3) is 6.67. The van der Waals surface area contributed by atoms with E-state index in [0.717, 1.165) is 37.1 Å². The smallest absolute Gasteiger partial charge is 0.309 e. The van der Waals surface area contributed by atoms with Crippen LogP contribution >= 0.6 is 0 Å². The lowest BCUT2D eigenvalue weighted by molar-refractivity contribution is -0.162. The Balaban J connectivity index is 1.24. The Hall–Kier alpha value is -2.97. The second-order valence-corrected chi connectivity index (χ2v) is 11.7. The van der Waals surface area contributed by atoms with Crippen LogP contribution in [0.2, 0.25) is 0 Å². The first-order chi connectivity index (χ1) is 17.5. The molecule has 1 saturated carbocycles. The fourth-order valence-electron chi connectivity index (χ4n) is 5.70. The van der Waals surface area contributed by atoms with Gasteiger partial charge in [0.2, 0.25) is 17.7 Å². The van der Waals surface area contributed by atoms with Crippen molar-refractivity contribution >= 4 is 29.5 Å². The summed E-state index contributed by atoms with van der Waals surface area (Å²) in [6.07, 6.45) is 7.44. The van der Waals surface area contributed by atoms with Crippen molar-refractivity contribution in [2.75, 3.05) is 25.0 Å². The van der Waals surface area contributed by atoms with E-state index in [2.05, 4.69) is 15.2 Å². The van der Waals surface area contributed by atoms with Gasteiger partial charge in [0.05, 0.1) is 11.8 Å². The summed E-state index contributed by atoms with van der Waals surface area (Å²) in [7, 11) is 2.03. The molecule has 1 aliphatic carbocycles. The molecule has 3 amide bonds. The lowest BCUT2D eigenvalue weighted by atomic mass is 9.84. The van der Waals surface area contributed by atoms with E-state index in [4.69, 9.17) is 4.74 Å². The van der Waals surface area contributed by atoms with Crippen molar-refractivity contribution < 1.29 is 23.9 Å². The summed E-state index contributed by atoms with van der Waals surface area (Å²) in [6, 6.07) is 4.16. The predicted octanol–water partition coefficient (Wildman–Crippen LogP) is 3.18. The molecule has 3 heterocycles. The number of pyridine rings is 1. The summed E-state index contributed by atoms with van der Waals surface area (Å²) >= 11 is 0. The molecule has 0 radical (unpaired) electrons. The van der Waals surface area contributed by atoms with Crippen molar-refractivity contribution in [3.8, 4) is 0 Å². The summed E-state index contributed by atoms with van der Waals surface area (Å²) < 4.78 is 5.52. The van der Waals surface area contributed by atoms with E-state index in [-0.39, 0.29) is 41.4 Å². The Morgan fingerprint density at radius 2 is 1.68 bits per heavy atom. The highest BCUT2D eigenvalue weighted by molar-refractivity contribution is 6.00. The molecular weight excluding hydrogens is 472 g/mol. The largest absolute Gasteiger partial charge is 0.460 e. The first kappa shape index (κ1) is 27.1. The number of nitrogens with zero attached hydrogens (tertiary/aromatic N) is 3. The fraction of sp³-hybridized carbons (Fsp3) is 0.679. The van der Waals surface area contributed by atoms with Gasteiger partial charge in [-0.3, -0.25) is 24.5 Å². The molecule has 1 aromatic heterocycles. The average Bonchev–Trinajstić information content (AvgIpc) is 2.87. The van der Waals surface area contributed by atoms with Crippen LogP contribution in [0, 0.1) is 11.8 Å². The standard InChI is InChI=1S/C28H40N4O5/c1-28(2,3)37-27(36)19-13-15-32(16-14-19)26(35)18-5-8-21(9-6-18)31(4)23-11-7-20(17-29-23)22-10-12-24(33)30-25(22)34/h7,11,17-19,21-22H,5-6,8-10,12-16H2,1-4H3,(H,30,33,34). The number of ether oxygens (including phenoxy) is 1. The van der Waals surface area contributed by atoms with Crippen molar-refractivity contribution in [3.63, 3.8) is 0 Å². The fourth-order valence-corrected chi connectivity index (χ4v) is 5.70. The Labute approximate surface area is 219 Å². The zero-order valence-corrected chi connectivity index (χ0v) is 22.5. The van der Waals surface area contributed by atoms with Crippen LogP contribution in [-0.4, -0.2) is 65.4 Å². The number of hydrogen-bond donors (Lipinski definition) is 1. The van der Waals surface area contributed by atoms with Gasteiger partial charge in [-0.15, -0.1) is 0 Å². The van der Waals surface area contributed by atoms with Crippen LogP contribution < -0.4 is 10.2 Å². The van der Waals surface area contributed by atoms with Gasteiger partial charge in [-0.2, -0.15) is 0 Å². The first-order valence-corrected chi connectivity index (χ1v) is 13.6. The van der Waals surface area contributed by atoms with Crippen LogP contribution in [0.5, 0.6) is 0 Å². The van der Waals surface area contributed by atoms with Crippen LogP contribution in [0.1, 0.15) is 83.6 Å². The second kappa shape index (κ2) is 11.2. The van der Waals surface area contributed by atoms with Crippen LogP contribution in [-0.2, 0) is 23.9 Å². The molecule has 0 spiro atoms. The molecule has 1 N–H and O–H groups in total. The highest BCUT2D eigenvalue weighted by Gasteiger charge is 2.35. The maximum atomic E-state index is 13.2. The van der Waals surface area contributed by atoms with Gasteiger partial charge in [-0.1, -0.05) is 6.07 Å². The number of imide groups is 1. The molecule has 0 bridgehead atoms. The number of esters is 1. The number of carbonyl (C=O) groups excluding carboxylic acids is 4. The van der Waals surface area contributed by atoms with Crippen molar-refractivity contribution in [2.45, 2.75) is 89.7 Å². The van der Waals surface area contributed by atoms with Crippen LogP contribution in [0.25, 0.3) is 0 Å². The number of rotatable bonds is 5. The maximum absolute atomic E-state index is 13.2. The second-order valence-electron chi connectivity index (χ2n) is 11.7. The normalized spacial score (nSPS) is 25.4. The molecule has 202 valence electrons. The van der Waals surface area contributed by atoms with Gasteiger partial charge in [-0.05, 0) is 77.3 Å². The molecule has 3 fully saturated rings. The Morgan fingerprint density at radius 3 is 2.24 bits per heavy atom. The van der Waals surface area contributed by atoms with Crippen molar-refractivity contribution in [1.82, 2.24) is 15.2 Å². The van der Waals surface area contributed by atoms with E-state index in [1.54, 1.807) is 6.20 Å². The molecule has 1 unspecified atom stereocenters. The van der Waals surface area contributed by atoms with E-state index in [0.29, 0.717) is 44.8 Å². The third-order valence-corrected chi connectivity index (χ3v) is 7.91. The molecule has 2 aliphatic heterocycles. The number of piperidine rings is 2. The number of amides is 3. The molecule has 4 rings (SSSR count). The van der Waals surface area contributed by atoms with Crippen molar-refractivity contribution in [2.24, 2.45) is 11.8 Å². The number of carbonyl (C=O) groups is 4. The van der Waals surface area contributed by atoms with Crippen LogP contribution in [0.15, 0.2) is 18.3 Å². The average molecular weight is 513 g/mol. The number of likely N-dealkylation sites (tertiary alicyclic amines) is 1. The lowest BCUT2D eigenvalue weighted by Gasteiger charge is -2.38. The third-order valence-electron chi connectivity index (χ3n) is 7.91. The monoisotopic (exact) mass is 512 g/mol. The van der Waals surface area contributed by atoms with Gasteiger partial charge >= 0.3 is 5.97 Å². The minimum atomic E-state index is -0.485. The number of aromatic nitrogens is 1. The number of anilines is 1. The molecule has 1 atom stereocenters. The molecule has 2 saturated heterocycles. The summed E-state index contributed by atoms with van der Waals surface area (Å²) in [4.78, 5) is 57.8. The highest BCUT2D eigenvalue weighted by Crippen LogP contribution is 2.32. The van der Waals surface area contributed by atoms with E-state index in [9.17, 15) is 19.2 Å². The van der Waals surface area contributed by atoms with Crippen LogP contribution in [0.3, 0.4) is 0 Å². The van der Waals surface area contributed by atoms with Gasteiger partial charge in [0.15, 0.2) is 0 Å². The first-order valence-electron chi connectivity index (χ1n) is 13.6. The summed E-state index contributed by atoms with van der Waals surface area (Å²) in [5.41, 5.74) is 0.341. The SMILES string of the molecule is CN(c1ccc(C2CCC(=O)NC2=O)cn1)C1CCC(C(=O)N2CCC(C(=O)OC(C)(C)C)CC2)CC1. The van der Waals surface area contributed by atoms with Crippen molar-refractivity contribution in [1.29, 1.82) is 0 Å². The molecule has 9 nitrogen and oxygen atoms in total. The van der Waals surface area contributed by atoms with E-state index in [1.165, 1.54) is 0 Å². The molecule has 1 aromatic rings. The maximum Gasteiger partial charge on any atom is 0.309 e. The Morgan fingerprint density at radius 1 is 1.00 bits per heavy atom. The summed E-state index contributed by atoms with van der Waals surface area (Å²) in [5.74, 6) is 0.0147. The van der Waals surface area contributed by atoms with Gasteiger partial charge in [0, 0.05) is 44.7 Å². The molecule has 3 aliphatic rings. The minimum absolute atomic E-state index is 0.0330. The van der Waals surface area contributed by atoms with Gasteiger partial charge in [-0.25, -0.2) is 4.98 Å². The lowest BCUT2D eigenvalue weighted by Crippen LogP contribution is -2.46. The van der Waals surface area contributed by atoms with Crippen LogP contribution in [0.4, 0.5) is 5.82 Å². The van der Waals surface area contributed by atoms with E-state index >= 15 is 0 Å².